The van der Waals surface area contributed by atoms with Crippen molar-refractivity contribution in [1.29, 1.82) is 0 Å². The lowest BCUT2D eigenvalue weighted by molar-refractivity contribution is -0.149. The van der Waals surface area contributed by atoms with Crippen LogP contribution in [0.25, 0.3) is 0 Å². The van der Waals surface area contributed by atoms with Crippen molar-refractivity contribution in [2.45, 2.75) is 134 Å². The fourth-order valence-corrected chi connectivity index (χ4v) is 7.60. The Morgan fingerprint density at radius 1 is 0.754 bits per heavy atom. The normalized spacial score (nSPS) is 19.6. The highest BCUT2D eigenvalue weighted by Crippen LogP contribution is 2.38. The fraction of sp³-hybridized carbons (Fsp3) is 0.750. The Morgan fingerprint density at radius 2 is 1.31 bits per heavy atom. The second-order valence-electron chi connectivity index (χ2n) is 16.0. The number of carboxylic acid groups (broad SMARTS) is 1. The number of carboxylic acids is 1. The summed E-state index contributed by atoms with van der Waals surface area (Å²) in [6, 6.07) is -9.51. The molecule has 2 rings (SSSR count). The molecule has 13 N–H and O–H groups in total. The number of carbonyl (C=O) groups is 9. The van der Waals surface area contributed by atoms with Crippen LogP contribution in [0.4, 0.5) is 0 Å². The molecule has 0 unspecified atom stereocenters. The van der Waals surface area contributed by atoms with Gasteiger partial charge in [0, 0.05) is 19.5 Å². The molecular formula is C36H62N9O15P. The van der Waals surface area contributed by atoms with Crippen LogP contribution in [0.5, 0.6) is 0 Å². The van der Waals surface area contributed by atoms with Crippen LogP contribution in [-0.2, 0) is 52.2 Å². The number of aliphatic carboxylic acids is 1. The van der Waals surface area contributed by atoms with Gasteiger partial charge in [-0.1, -0.05) is 27.7 Å². The SMILES string of the molecule is CC(C)C[C@H](NC(=O)[C@@H](N)CC(C)C)C(=O)N[C@H](C(=O)N1CCC[C@H]1C(=O)N1CCC[C@H]1C(=O)N[C@@H](CCC(N)=O)C(=O)N[C@@H](CO)C(=O)NCC(=O)O)[C@@H](C)OP(=O)(O)O. The van der Waals surface area contributed by atoms with Gasteiger partial charge in [0.15, 0.2) is 0 Å². The topological polar surface area (TPSA) is 380 Å². The van der Waals surface area contributed by atoms with Gasteiger partial charge in [-0.2, -0.15) is 0 Å². The first-order valence-electron chi connectivity index (χ1n) is 20.1. The molecule has 0 saturated carbocycles. The number of aliphatic hydroxyl groups excluding tert-OH is 1. The molecule has 2 fully saturated rings. The van der Waals surface area contributed by atoms with Crippen LogP contribution >= 0.6 is 7.82 Å². The average molecular weight is 892 g/mol. The lowest BCUT2D eigenvalue weighted by Crippen LogP contribution is -2.61. The van der Waals surface area contributed by atoms with Crippen molar-refractivity contribution in [2.24, 2.45) is 23.3 Å². The number of amides is 8. The van der Waals surface area contributed by atoms with Gasteiger partial charge in [-0.25, -0.2) is 4.57 Å². The highest BCUT2D eigenvalue weighted by atomic mass is 31.2. The number of likely N-dealkylation sites (tertiary alicyclic amines) is 2. The Hall–Kier alpha value is -4.74. The third-order valence-corrected chi connectivity index (χ3v) is 10.5. The molecule has 0 bridgehead atoms. The summed E-state index contributed by atoms with van der Waals surface area (Å²) >= 11 is 0. The maximum Gasteiger partial charge on any atom is 0.469 e. The molecule has 0 aromatic heterocycles. The summed E-state index contributed by atoms with van der Waals surface area (Å²) in [5, 5.41) is 30.2. The number of hydrogen-bond acceptors (Lipinski definition) is 13. The molecule has 0 radical (unpaired) electrons. The molecule has 2 aliphatic rings. The molecule has 0 spiro atoms. The summed E-state index contributed by atoms with van der Waals surface area (Å²) in [5.74, 6) is -8.37. The second-order valence-corrected chi connectivity index (χ2v) is 17.2. The molecule has 2 heterocycles. The van der Waals surface area contributed by atoms with E-state index in [1.165, 1.54) is 4.90 Å². The highest BCUT2D eigenvalue weighted by Gasteiger charge is 2.46. The van der Waals surface area contributed by atoms with E-state index < -0.39 is 129 Å². The lowest BCUT2D eigenvalue weighted by Gasteiger charge is -2.35. The zero-order valence-corrected chi connectivity index (χ0v) is 35.9. The minimum atomic E-state index is -5.24. The Morgan fingerprint density at radius 3 is 1.85 bits per heavy atom. The highest BCUT2D eigenvalue weighted by molar-refractivity contribution is 7.46. The third kappa shape index (κ3) is 16.9. The smallest absolute Gasteiger partial charge is 0.469 e. The first-order chi connectivity index (χ1) is 28.4. The van der Waals surface area contributed by atoms with Gasteiger partial charge in [0.05, 0.1) is 18.8 Å². The van der Waals surface area contributed by atoms with Crippen LogP contribution in [0.2, 0.25) is 0 Å². The van der Waals surface area contributed by atoms with Crippen LogP contribution in [-0.4, -0.2) is 158 Å². The van der Waals surface area contributed by atoms with E-state index in [4.69, 9.17) is 21.1 Å². The second kappa shape index (κ2) is 24.0. The van der Waals surface area contributed by atoms with E-state index in [2.05, 4.69) is 21.3 Å². The minimum absolute atomic E-state index is 0.0351. The quantitative estimate of drug-likeness (QED) is 0.0415. The maximum atomic E-state index is 14.3. The predicted octanol–water partition coefficient (Wildman–Crippen LogP) is -3.72. The third-order valence-electron chi connectivity index (χ3n) is 9.94. The number of primary amides is 1. The van der Waals surface area contributed by atoms with E-state index in [1.807, 2.05) is 19.2 Å². The van der Waals surface area contributed by atoms with Gasteiger partial charge in [0.1, 0.15) is 42.8 Å². The van der Waals surface area contributed by atoms with Gasteiger partial charge in [-0.3, -0.25) is 47.7 Å². The zero-order chi connectivity index (χ0) is 46.4. The number of carbonyl (C=O) groups excluding carboxylic acids is 8. The lowest BCUT2D eigenvalue weighted by atomic mass is 10.00. The number of nitrogens with two attached hydrogens (primary N) is 2. The van der Waals surface area contributed by atoms with E-state index in [0.717, 1.165) is 11.8 Å². The Labute approximate surface area is 353 Å². The van der Waals surface area contributed by atoms with Crippen LogP contribution in [0.1, 0.15) is 86.0 Å². The van der Waals surface area contributed by atoms with Gasteiger partial charge in [0.2, 0.25) is 47.3 Å². The first kappa shape index (κ1) is 52.4. The van der Waals surface area contributed by atoms with Gasteiger partial charge < -0.3 is 67.9 Å². The number of phosphoric acid groups is 1. The van der Waals surface area contributed by atoms with Gasteiger partial charge in [-0.15, -0.1) is 0 Å². The van der Waals surface area contributed by atoms with E-state index in [0.29, 0.717) is 12.8 Å². The molecule has 2 aliphatic heterocycles. The minimum Gasteiger partial charge on any atom is -0.480 e. The largest absolute Gasteiger partial charge is 0.480 e. The fourth-order valence-electron chi connectivity index (χ4n) is 7.04. The number of hydrogen-bond donors (Lipinski definition) is 11. The molecule has 8 amide bonds. The molecule has 61 heavy (non-hydrogen) atoms. The maximum absolute atomic E-state index is 14.3. The van der Waals surface area contributed by atoms with E-state index in [-0.39, 0.29) is 57.0 Å². The summed E-state index contributed by atoms with van der Waals surface area (Å²) in [6.07, 6.45) is -1.21. The van der Waals surface area contributed by atoms with E-state index >= 15 is 0 Å². The molecule has 24 nitrogen and oxygen atoms in total. The van der Waals surface area contributed by atoms with E-state index in [9.17, 15) is 62.6 Å². The van der Waals surface area contributed by atoms with E-state index in [1.54, 1.807) is 13.8 Å². The molecular weight excluding hydrogens is 829 g/mol. The molecule has 0 aromatic rings. The monoisotopic (exact) mass is 891 g/mol. The van der Waals surface area contributed by atoms with Crippen molar-refractivity contribution in [3.8, 4) is 0 Å². The van der Waals surface area contributed by atoms with Crippen molar-refractivity contribution in [3.05, 3.63) is 0 Å². The first-order valence-corrected chi connectivity index (χ1v) is 21.6. The van der Waals surface area contributed by atoms with Crippen molar-refractivity contribution in [3.63, 3.8) is 0 Å². The van der Waals surface area contributed by atoms with Crippen molar-refractivity contribution in [2.75, 3.05) is 26.2 Å². The Bertz CT molecular complexity index is 1660. The summed E-state index contributed by atoms with van der Waals surface area (Å²) in [7, 11) is -5.24. The predicted molar refractivity (Wildman–Crippen MR) is 213 cm³/mol. The summed E-state index contributed by atoms with van der Waals surface area (Å²) in [5.41, 5.74) is 11.3. The standard InChI is InChI=1S/C36H62N9O15P/c1-18(2)14-21(37)30(50)41-23(15-19(3)4)33(53)43-29(20(5)60-61(57,58)59)36(56)45-13-7-9-26(45)35(55)44-12-6-8-25(44)34(54)40-22(10-11-27(38)47)32(52)42-24(17-46)31(51)39-16-28(48)49/h18-26,29,46H,6-17,37H2,1-5H3,(H2,38,47)(H,39,51)(H,40,54)(H,41,50)(H,42,52)(H,43,53)(H,48,49)(H2,57,58,59)/t20-,21+,22+,23+,24+,25+,26+,29+/m1/s1. The molecule has 25 heteroatoms. The van der Waals surface area contributed by atoms with Gasteiger partial charge in [-0.05, 0) is 63.7 Å². The number of rotatable bonds is 24. The van der Waals surface area contributed by atoms with Crippen LogP contribution in [0.3, 0.4) is 0 Å². The average Bonchev–Trinajstić information content (AvgIpc) is 3.85. The molecule has 0 aromatic carbocycles. The molecule has 346 valence electrons. The van der Waals surface area contributed by atoms with Crippen LogP contribution in [0, 0.1) is 11.8 Å². The number of phosphoric ester groups is 1. The van der Waals surface area contributed by atoms with Crippen molar-refractivity contribution >= 4 is 61.0 Å². The molecule has 2 saturated heterocycles. The van der Waals surface area contributed by atoms with Crippen molar-refractivity contribution < 1.29 is 72.2 Å². The number of nitrogens with one attached hydrogen (secondary N) is 5. The zero-order valence-electron chi connectivity index (χ0n) is 35.0. The number of nitrogens with zero attached hydrogens (tertiary/aromatic N) is 2. The number of aliphatic hydroxyl groups is 1. The van der Waals surface area contributed by atoms with Crippen LogP contribution in [0.15, 0.2) is 0 Å². The Kier molecular flexibility index (Phi) is 20.7. The van der Waals surface area contributed by atoms with Gasteiger partial charge >= 0.3 is 13.8 Å². The molecule has 0 aliphatic carbocycles. The van der Waals surface area contributed by atoms with Crippen molar-refractivity contribution in [1.82, 2.24) is 36.4 Å². The van der Waals surface area contributed by atoms with Gasteiger partial charge in [0.25, 0.3) is 0 Å². The summed E-state index contributed by atoms with van der Waals surface area (Å²) in [4.78, 5) is 139. The Balaban J connectivity index is 2.35. The molecule has 8 atom stereocenters. The summed E-state index contributed by atoms with van der Waals surface area (Å²) in [6.45, 7) is 6.66. The van der Waals surface area contributed by atoms with Crippen LogP contribution < -0.4 is 38.1 Å². The summed E-state index contributed by atoms with van der Waals surface area (Å²) < 4.78 is 16.8.